The highest BCUT2D eigenvalue weighted by Gasteiger charge is 2.45. The van der Waals surface area contributed by atoms with Gasteiger partial charge >= 0.3 is 0 Å². The van der Waals surface area contributed by atoms with Crippen molar-refractivity contribution in [3.05, 3.63) is 143 Å². The maximum absolute atomic E-state index is 15.4. The second kappa shape index (κ2) is 15.6. The SMILES string of the molecule is COc1cc(-c2nc3sc4c(O)c(Cl)ccc4c3c(=O)n2Cc2cnc(C3CC3c3cc(F)c(F)cc3-c3nc4sc5c(O)c(Cl)ccc5c4c(=O)n3Cc3cnco3)o2)c(C2CC2)cc1Cl. The molecule has 0 bridgehead atoms. The Morgan fingerprint density at radius 1 is 0.761 bits per heavy atom. The van der Waals surface area contributed by atoms with Crippen molar-refractivity contribution in [3.8, 4) is 40.0 Å². The number of nitrogens with zero attached hydrogens (tertiary/aromatic N) is 6. The molecule has 13 nitrogen and oxygen atoms in total. The zero-order chi connectivity index (χ0) is 46.2. The molecule has 6 aromatic heterocycles. The molecular formula is C47H29Cl3F2N6O7S2. The number of fused-ring (bicyclic) bond motifs is 6. The Balaban J connectivity index is 0.955. The third-order valence-corrected chi connectivity index (χ3v) is 15.6. The van der Waals surface area contributed by atoms with E-state index in [1.54, 1.807) is 18.2 Å². The summed E-state index contributed by atoms with van der Waals surface area (Å²) in [6.45, 7) is -0.246. The van der Waals surface area contributed by atoms with Gasteiger partial charge in [0.1, 0.15) is 38.6 Å². The first kappa shape index (κ1) is 42.0. The van der Waals surface area contributed by atoms with Crippen molar-refractivity contribution in [1.82, 2.24) is 29.1 Å². The average Bonchev–Trinajstić information content (AvgIpc) is 4.08. The number of aromatic hydroxyl groups is 2. The van der Waals surface area contributed by atoms with Gasteiger partial charge in [0.15, 0.2) is 35.4 Å². The number of rotatable bonds is 10. The first-order valence-corrected chi connectivity index (χ1v) is 23.5. The summed E-state index contributed by atoms with van der Waals surface area (Å²) >= 11 is 21.4. The molecule has 2 N–H and O–H groups in total. The maximum atomic E-state index is 15.4. The number of methoxy groups -OCH3 is 1. The van der Waals surface area contributed by atoms with Crippen LogP contribution >= 0.6 is 57.5 Å². The van der Waals surface area contributed by atoms with Crippen LogP contribution in [-0.4, -0.2) is 46.4 Å². The van der Waals surface area contributed by atoms with Crippen molar-refractivity contribution >= 4 is 98.1 Å². The molecule has 10 aromatic rings. The largest absolute Gasteiger partial charge is 0.505 e. The predicted molar refractivity (Wildman–Crippen MR) is 252 cm³/mol. The van der Waals surface area contributed by atoms with Gasteiger partial charge in [-0.05, 0) is 78.6 Å². The van der Waals surface area contributed by atoms with Gasteiger partial charge in [0.05, 0.1) is 67.8 Å². The summed E-state index contributed by atoms with van der Waals surface area (Å²) in [7, 11) is 1.51. The zero-order valence-electron chi connectivity index (χ0n) is 34.4. The van der Waals surface area contributed by atoms with E-state index in [2.05, 4.69) is 9.97 Å². The molecule has 0 spiro atoms. The molecule has 0 aliphatic heterocycles. The number of oxazole rings is 2. The van der Waals surface area contributed by atoms with Gasteiger partial charge in [0.2, 0.25) is 0 Å². The number of aromatic nitrogens is 6. The molecule has 0 radical (unpaired) electrons. The second-order valence-corrected chi connectivity index (χ2v) is 19.8. The smallest absolute Gasteiger partial charge is 0.263 e. The third-order valence-electron chi connectivity index (χ3n) is 12.5. The molecule has 20 heteroatoms. The minimum Gasteiger partial charge on any atom is -0.505 e. The zero-order valence-corrected chi connectivity index (χ0v) is 38.3. The van der Waals surface area contributed by atoms with E-state index in [0.29, 0.717) is 81.9 Å². The molecule has 0 amide bonds. The lowest BCUT2D eigenvalue weighted by Gasteiger charge is -2.16. The average molecular weight is 998 g/mol. The van der Waals surface area contributed by atoms with Crippen LogP contribution in [0.1, 0.15) is 65.6 Å². The van der Waals surface area contributed by atoms with Gasteiger partial charge in [-0.1, -0.05) is 46.9 Å². The van der Waals surface area contributed by atoms with Gasteiger partial charge < -0.3 is 23.8 Å². The Bertz CT molecular complexity index is 3860. The molecule has 6 heterocycles. The Labute approximate surface area is 398 Å². The molecule has 0 saturated heterocycles. The summed E-state index contributed by atoms with van der Waals surface area (Å²) < 4.78 is 51.9. The minimum absolute atomic E-state index is 0.0365. The molecule has 2 saturated carbocycles. The van der Waals surface area contributed by atoms with Gasteiger partial charge in [-0.3, -0.25) is 18.7 Å². The summed E-state index contributed by atoms with van der Waals surface area (Å²) in [5.41, 5.74) is 1.18. The Hall–Kier alpha value is -6.37. The number of phenolic OH excluding ortho intramolecular Hbond substituents is 2. The van der Waals surface area contributed by atoms with E-state index in [-0.39, 0.29) is 62.2 Å². The molecule has 2 atom stereocenters. The van der Waals surface area contributed by atoms with Crippen LogP contribution in [0.5, 0.6) is 17.2 Å². The predicted octanol–water partition coefficient (Wildman–Crippen LogP) is 11.7. The van der Waals surface area contributed by atoms with Crippen molar-refractivity contribution in [3.63, 3.8) is 0 Å². The van der Waals surface area contributed by atoms with Gasteiger partial charge in [-0.25, -0.2) is 28.7 Å². The van der Waals surface area contributed by atoms with Gasteiger partial charge in [0, 0.05) is 27.8 Å². The lowest BCUT2D eigenvalue weighted by atomic mass is 10.00. The molecule has 12 rings (SSSR count). The fraction of sp³-hybridized carbons (Fsp3) is 0.191. The molecule has 2 fully saturated rings. The molecule has 67 heavy (non-hydrogen) atoms. The van der Waals surface area contributed by atoms with Crippen molar-refractivity contribution in [2.24, 2.45) is 0 Å². The number of halogens is 5. The molecule has 2 unspecified atom stereocenters. The van der Waals surface area contributed by atoms with E-state index in [1.807, 2.05) is 6.07 Å². The fourth-order valence-corrected chi connectivity index (χ4v) is 11.9. The van der Waals surface area contributed by atoms with Crippen LogP contribution in [0.3, 0.4) is 0 Å². The van der Waals surface area contributed by atoms with E-state index in [9.17, 15) is 19.8 Å². The summed E-state index contributed by atoms with van der Waals surface area (Å²) in [5, 5.41) is 23.8. The third kappa shape index (κ3) is 6.80. The van der Waals surface area contributed by atoms with Crippen LogP contribution in [0, 0.1) is 11.6 Å². The quantitative estimate of drug-likeness (QED) is 0.134. The molecule has 336 valence electrons. The lowest BCUT2D eigenvalue weighted by molar-refractivity contribution is 0.415. The van der Waals surface area contributed by atoms with Crippen LogP contribution in [0.15, 0.2) is 85.7 Å². The normalized spacial score (nSPS) is 16.0. The van der Waals surface area contributed by atoms with Gasteiger partial charge in [0.25, 0.3) is 11.1 Å². The first-order valence-electron chi connectivity index (χ1n) is 20.7. The van der Waals surface area contributed by atoms with Crippen LogP contribution < -0.4 is 15.9 Å². The highest BCUT2D eigenvalue weighted by molar-refractivity contribution is 7.26. The van der Waals surface area contributed by atoms with Crippen LogP contribution in [0.2, 0.25) is 15.1 Å². The fourth-order valence-electron chi connectivity index (χ4n) is 9.00. The van der Waals surface area contributed by atoms with E-state index < -0.39 is 34.6 Å². The Kier molecular flexibility index (Phi) is 9.78. The van der Waals surface area contributed by atoms with Crippen molar-refractivity contribution < 1.29 is 32.6 Å². The highest BCUT2D eigenvalue weighted by Crippen LogP contribution is 2.57. The van der Waals surface area contributed by atoms with Crippen molar-refractivity contribution in [1.29, 1.82) is 0 Å². The standard InChI is InChI=1S/C47H29Cl3F2N6O7S2/c1-63-34-12-27(23(9-31(34)50)18-2-3-18)42-56-45-36(22-5-7-30(49)38(60)40(22)67-45)47(62)58(42)16-20-14-54-43(65-20)28-8-24(28)25-10-32(51)33(52)11-26(25)41-55-44-35(21-4-6-29(48)37(59)39(21)66-44)46(61)57(41)15-19-13-53-17-64-19/h4-7,9-14,17-18,24,28,59-60H,2-3,8,15-16H2,1H3. The monoisotopic (exact) mass is 996 g/mol. The maximum Gasteiger partial charge on any atom is 0.263 e. The van der Waals surface area contributed by atoms with Crippen molar-refractivity contribution in [2.75, 3.05) is 7.11 Å². The number of hydrogen-bond acceptors (Lipinski definition) is 13. The van der Waals surface area contributed by atoms with Crippen LogP contribution in [0.4, 0.5) is 8.78 Å². The van der Waals surface area contributed by atoms with Crippen molar-refractivity contribution in [2.45, 2.75) is 50.1 Å². The highest BCUT2D eigenvalue weighted by atomic mass is 35.5. The molecule has 2 aliphatic rings. The van der Waals surface area contributed by atoms with Crippen LogP contribution in [0.25, 0.3) is 63.4 Å². The number of phenols is 2. The molecule has 2 aliphatic carbocycles. The summed E-state index contributed by atoms with van der Waals surface area (Å²) in [5.74, 6) is -1.58. The first-order chi connectivity index (χ1) is 32.4. The van der Waals surface area contributed by atoms with E-state index in [1.165, 1.54) is 47.2 Å². The Morgan fingerprint density at radius 3 is 1.94 bits per heavy atom. The van der Waals surface area contributed by atoms with Gasteiger partial charge in [-0.2, -0.15) is 0 Å². The summed E-state index contributed by atoms with van der Waals surface area (Å²) in [6.07, 6.45) is 6.46. The van der Waals surface area contributed by atoms with E-state index in [4.69, 9.17) is 58.3 Å². The second-order valence-electron chi connectivity index (χ2n) is 16.5. The number of ether oxygens (including phenoxy) is 1. The number of hydrogen-bond donors (Lipinski definition) is 2. The van der Waals surface area contributed by atoms with E-state index >= 15 is 8.78 Å². The summed E-state index contributed by atoms with van der Waals surface area (Å²) in [6, 6.07) is 12.1. The van der Waals surface area contributed by atoms with E-state index in [0.717, 1.165) is 53.2 Å². The topological polar surface area (TPSA) is 172 Å². The van der Waals surface area contributed by atoms with Gasteiger partial charge in [-0.15, -0.1) is 22.7 Å². The van der Waals surface area contributed by atoms with Crippen LogP contribution in [-0.2, 0) is 13.1 Å². The minimum atomic E-state index is -1.15. The summed E-state index contributed by atoms with van der Waals surface area (Å²) in [4.78, 5) is 48.5. The molecule has 4 aromatic carbocycles. The number of benzene rings is 4. The molecular weight excluding hydrogens is 969 g/mol. The Morgan fingerprint density at radius 2 is 1.36 bits per heavy atom. The number of thiophene rings is 2. The lowest BCUT2D eigenvalue weighted by Crippen LogP contribution is -2.24.